The maximum Gasteiger partial charge on any atom is 0.251 e. The number of benzene rings is 2. The Hall–Kier alpha value is -2.62. The first-order valence-corrected chi connectivity index (χ1v) is 8.33. The van der Waals surface area contributed by atoms with Crippen LogP contribution in [0.3, 0.4) is 0 Å². The number of amides is 2. The lowest BCUT2D eigenvalue weighted by molar-refractivity contribution is -0.116. The molecule has 126 valence electrons. The topological polar surface area (TPSA) is 58.2 Å². The van der Waals surface area contributed by atoms with Gasteiger partial charge in [-0.1, -0.05) is 43.3 Å². The van der Waals surface area contributed by atoms with Crippen molar-refractivity contribution in [1.82, 2.24) is 5.32 Å². The van der Waals surface area contributed by atoms with Crippen molar-refractivity contribution in [1.29, 1.82) is 0 Å². The van der Waals surface area contributed by atoms with Crippen molar-refractivity contribution in [3.63, 3.8) is 0 Å². The fourth-order valence-electron chi connectivity index (χ4n) is 2.55. The van der Waals surface area contributed by atoms with Gasteiger partial charge in [0.05, 0.1) is 0 Å². The van der Waals surface area contributed by atoms with E-state index in [0.29, 0.717) is 24.9 Å². The molecule has 0 saturated heterocycles. The Morgan fingerprint density at radius 3 is 2.46 bits per heavy atom. The Kier molecular flexibility index (Phi) is 6.55. The van der Waals surface area contributed by atoms with E-state index >= 15 is 0 Å². The van der Waals surface area contributed by atoms with E-state index in [9.17, 15) is 9.59 Å². The smallest absolute Gasteiger partial charge is 0.251 e. The molecule has 2 amide bonds. The highest BCUT2D eigenvalue weighted by molar-refractivity contribution is 5.94. The highest BCUT2D eigenvalue weighted by atomic mass is 16.2. The van der Waals surface area contributed by atoms with Gasteiger partial charge in [-0.05, 0) is 43.0 Å². The predicted molar refractivity (Wildman–Crippen MR) is 97.2 cm³/mol. The molecule has 0 radical (unpaired) electrons. The molecule has 4 nitrogen and oxygen atoms in total. The van der Waals surface area contributed by atoms with Crippen molar-refractivity contribution in [2.45, 2.75) is 33.1 Å². The summed E-state index contributed by atoms with van der Waals surface area (Å²) < 4.78 is 0. The third-order valence-electron chi connectivity index (χ3n) is 3.91. The zero-order valence-electron chi connectivity index (χ0n) is 14.3. The Labute approximate surface area is 143 Å². The van der Waals surface area contributed by atoms with Gasteiger partial charge in [-0.15, -0.1) is 0 Å². The number of carbonyl (C=O) groups is 2. The molecule has 0 aliphatic carbocycles. The van der Waals surface area contributed by atoms with E-state index < -0.39 is 0 Å². The average molecular weight is 324 g/mol. The maximum atomic E-state index is 12.1. The number of anilines is 1. The van der Waals surface area contributed by atoms with Crippen LogP contribution in [0, 0.1) is 6.92 Å². The van der Waals surface area contributed by atoms with Crippen LogP contribution in [-0.4, -0.2) is 18.4 Å². The van der Waals surface area contributed by atoms with E-state index in [1.54, 1.807) is 12.1 Å². The number of nitrogens with one attached hydrogen (secondary N) is 2. The molecule has 24 heavy (non-hydrogen) atoms. The number of hydrogen-bond acceptors (Lipinski definition) is 2. The molecule has 2 rings (SSSR count). The van der Waals surface area contributed by atoms with E-state index in [1.807, 2.05) is 43.3 Å². The van der Waals surface area contributed by atoms with Gasteiger partial charge in [0.2, 0.25) is 5.91 Å². The molecule has 2 aromatic rings. The minimum absolute atomic E-state index is 0.0204. The molecule has 0 heterocycles. The molecule has 0 aromatic heterocycles. The second-order valence-corrected chi connectivity index (χ2v) is 5.74. The van der Waals surface area contributed by atoms with Crippen LogP contribution in [0.4, 0.5) is 5.69 Å². The van der Waals surface area contributed by atoms with E-state index in [4.69, 9.17) is 0 Å². The normalized spacial score (nSPS) is 10.2. The van der Waals surface area contributed by atoms with Crippen LogP contribution in [0.1, 0.15) is 41.3 Å². The highest BCUT2D eigenvalue weighted by Gasteiger charge is 2.09. The summed E-state index contributed by atoms with van der Waals surface area (Å²) in [6.45, 7) is 4.55. The summed E-state index contributed by atoms with van der Waals surface area (Å²) >= 11 is 0. The van der Waals surface area contributed by atoms with Crippen molar-refractivity contribution in [2.75, 3.05) is 11.9 Å². The number of para-hydroxylation sites is 1. The summed E-state index contributed by atoms with van der Waals surface area (Å²) in [6, 6.07) is 15.1. The minimum atomic E-state index is -0.108. The van der Waals surface area contributed by atoms with Crippen LogP contribution in [0.15, 0.2) is 48.5 Å². The molecule has 0 atom stereocenters. The monoisotopic (exact) mass is 324 g/mol. The van der Waals surface area contributed by atoms with Crippen molar-refractivity contribution in [2.24, 2.45) is 0 Å². The molecule has 0 spiro atoms. The maximum absolute atomic E-state index is 12.1. The fraction of sp³-hybridized carbons (Fsp3) is 0.300. The van der Waals surface area contributed by atoms with Crippen molar-refractivity contribution in [3.8, 4) is 0 Å². The van der Waals surface area contributed by atoms with Gasteiger partial charge in [0, 0.05) is 24.2 Å². The molecular formula is C20H24N2O2. The highest BCUT2D eigenvalue weighted by Crippen LogP contribution is 2.21. The van der Waals surface area contributed by atoms with Gasteiger partial charge >= 0.3 is 0 Å². The third kappa shape index (κ3) is 4.95. The first-order valence-electron chi connectivity index (χ1n) is 8.33. The lowest BCUT2D eigenvalue weighted by atomic mass is 10.1. The molecule has 4 heteroatoms. The summed E-state index contributed by atoms with van der Waals surface area (Å²) in [5.41, 5.74) is 3.76. The van der Waals surface area contributed by atoms with Gasteiger partial charge in [0.15, 0.2) is 0 Å². The summed E-state index contributed by atoms with van der Waals surface area (Å²) in [7, 11) is 0. The molecule has 0 aliphatic heterocycles. The standard InChI is InChI=1S/C20H24N2O2/c1-3-16-12-7-9-15(2)19(16)22-18(23)13-8-14-21-20(24)17-10-5-4-6-11-17/h4-7,9-12H,3,8,13-14H2,1-2H3,(H,21,24)(H,22,23). The van der Waals surface area contributed by atoms with Gasteiger partial charge in [-0.2, -0.15) is 0 Å². The second-order valence-electron chi connectivity index (χ2n) is 5.74. The van der Waals surface area contributed by atoms with Gasteiger partial charge in [0.25, 0.3) is 5.91 Å². The van der Waals surface area contributed by atoms with Crippen molar-refractivity contribution in [3.05, 3.63) is 65.2 Å². The largest absolute Gasteiger partial charge is 0.352 e. The number of hydrogen-bond donors (Lipinski definition) is 2. The first-order chi connectivity index (χ1) is 11.6. The third-order valence-corrected chi connectivity index (χ3v) is 3.91. The van der Waals surface area contributed by atoms with E-state index in [2.05, 4.69) is 17.6 Å². The number of carbonyl (C=O) groups excluding carboxylic acids is 2. The first kappa shape index (κ1) is 17.7. The average Bonchev–Trinajstić information content (AvgIpc) is 2.61. The summed E-state index contributed by atoms with van der Waals surface area (Å²) in [5, 5.41) is 5.83. The molecular weight excluding hydrogens is 300 g/mol. The van der Waals surface area contributed by atoms with Gasteiger partial charge < -0.3 is 10.6 Å². The second kappa shape index (κ2) is 8.87. The summed E-state index contributed by atoms with van der Waals surface area (Å²) in [4.78, 5) is 24.0. The molecule has 0 unspecified atom stereocenters. The van der Waals surface area contributed by atoms with E-state index in [-0.39, 0.29) is 11.8 Å². The molecule has 2 aromatic carbocycles. The van der Waals surface area contributed by atoms with Crippen molar-refractivity contribution >= 4 is 17.5 Å². The molecule has 2 N–H and O–H groups in total. The van der Waals surface area contributed by atoms with Crippen LogP contribution in [0.5, 0.6) is 0 Å². The van der Waals surface area contributed by atoms with Crippen LogP contribution in [0.2, 0.25) is 0 Å². The van der Waals surface area contributed by atoms with E-state index in [1.165, 1.54) is 0 Å². The summed E-state index contributed by atoms with van der Waals surface area (Å²) in [6.07, 6.45) is 1.87. The lowest BCUT2D eigenvalue weighted by Crippen LogP contribution is -2.25. The zero-order chi connectivity index (χ0) is 17.4. The lowest BCUT2D eigenvalue weighted by Gasteiger charge is -2.13. The Balaban J connectivity index is 1.77. The Morgan fingerprint density at radius 2 is 1.75 bits per heavy atom. The quantitative estimate of drug-likeness (QED) is 0.763. The Morgan fingerprint density at radius 1 is 1.00 bits per heavy atom. The minimum Gasteiger partial charge on any atom is -0.352 e. The zero-order valence-corrected chi connectivity index (χ0v) is 14.3. The molecule has 0 fully saturated rings. The van der Waals surface area contributed by atoms with Crippen molar-refractivity contribution < 1.29 is 9.59 Å². The number of aryl methyl sites for hydroxylation is 2. The SMILES string of the molecule is CCc1cccc(C)c1NC(=O)CCCNC(=O)c1ccccc1. The van der Waals surface area contributed by atoms with Crippen LogP contribution in [-0.2, 0) is 11.2 Å². The molecule has 0 bridgehead atoms. The van der Waals surface area contributed by atoms with Crippen LogP contribution in [0.25, 0.3) is 0 Å². The van der Waals surface area contributed by atoms with Gasteiger partial charge in [-0.3, -0.25) is 9.59 Å². The summed E-state index contributed by atoms with van der Waals surface area (Å²) in [5.74, 6) is -0.129. The molecule has 0 saturated carbocycles. The Bertz CT molecular complexity index is 696. The number of rotatable bonds is 7. The predicted octanol–water partition coefficient (Wildman–Crippen LogP) is 3.71. The fourth-order valence-corrected chi connectivity index (χ4v) is 2.55. The molecule has 0 aliphatic rings. The van der Waals surface area contributed by atoms with Gasteiger partial charge in [-0.25, -0.2) is 0 Å². The van der Waals surface area contributed by atoms with E-state index in [0.717, 1.165) is 23.2 Å². The van der Waals surface area contributed by atoms with Crippen LogP contribution < -0.4 is 10.6 Å². The van der Waals surface area contributed by atoms with Gasteiger partial charge in [0.1, 0.15) is 0 Å². The van der Waals surface area contributed by atoms with Crippen LogP contribution >= 0.6 is 0 Å².